The van der Waals surface area contributed by atoms with Gasteiger partial charge in [0.25, 0.3) is 0 Å². The zero-order chi connectivity index (χ0) is 14.9. The minimum Gasteiger partial charge on any atom is -0.456 e. The number of aryl methyl sites for hydroxylation is 1. The van der Waals surface area contributed by atoms with Crippen LogP contribution in [0.1, 0.15) is 11.1 Å². The zero-order valence-electron chi connectivity index (χ0n) is 10.5. The highest BCUT2D eigenvalue weighted by molar-refractivity contribution is 9.10. The molecule has 2 aromatic carbocycles. The van der Waals surface area contributed by atoms with Crippen LogP contribution in [0.2, 0.25) is 5.02 Å². The van der Waals surface area contributed by atoms with E-state index in [0.717, 1.165) is 5.56 Å². The zero-order valence-corrected chi connectivity index (χ0v) is 12.8. The quantitative estimate of drug-likeness (QED) is 0.478. The second-order valence-corrected chi connectivity index (χ2v) is 5.45. The smallest absolute Gasteiger partial charge is 0.145 e. The summed E-state index contributed by atoms with van der Waals surface area (Å²) in [5, 5.41) is 7.44. The predicted octanol–water partition coefficient (Wildman–Crippen LogP) is 4.63. The third-order valence-electron chi connectivity index (χ3n) is 2.69. The molecular formula is C14H11BrClFN2O. The number of hydrogen-bond donors (Lipinski definition) is 2. The topological polar surface area (TPSA) is 59.1 Å². The van der Waals surface area contributed by atoms with Crippen LogP contribution in [0.4, 0.5) is 4.39 Å². The van der Waals surface area contributed by atoms with E-state index >= 15 is 0 Å². The Bertz CT molecular complexity index is 691. The molecule has 2 rings (SSSR count). The number of nitrogens with two attached hydrogens (primary N) is 1. The minimum absolute atomic E-state index is 0.00670. The lowest BCUT2D eigenvalue weighted by Gasteiger charge is -2.11. The number of nitrogens with one attached hydrogen (secondary N) is 1. The van der Waals surface area contributed by atoms with E-state index in [9.17, 15) is 4.39 Å². The Morgan fingerprint density at radius 3 is 2.65 bits per heavy atom. The fourth-order valence-electron chi connectivity index (χ4n) is 1.71. The van der Waals surface area contributed by atoms with Gasteiger partial charge in [0.05, 0.1) is 9.50 Å². The molecule has 20 heavy (non-hydrogen) atoms. The van der Waals surface area contributed by atoms with Crippen LogP contribution in [-0.2, 0) is 0 Å². The van der Waals surface area contributed by atoms with Gasteiger partial charge in [-0.1, -0.05) is 11.6 Å². The normalized spacial score (nSPS) is 10.4. The molecule has 0 saturated heterocycles. The van der Waals surface area contributed by atoms with E-state index < -0.39 is 5.82 Å². The molecule has 0 spiro atoms. The Hall–Kier alpha value is -1.59. The first-order chi connectivity index (χ1) is 9.38. The van der Waals surface area contributed by atoms with Gasteiger partial charge in [0, 0.05) is 11.6 Å². The summed E-state index contributed by atoms with van der Waals surface area (Å²) in [4.78, 5) is 0. The van der Waals surface area contributed by atoms with Gasteiger partial charge < -0.3 is 10.5 Å². The highest BCUT2D eigenvalue weighted by Gasteiger charge is 2.10. The second kappa shape index (κ2) is 5.81. The maximum atomic E-state index is 13.4. The van der Waals surface area contributed by atoms with Crippen LogP contribution in [0.3, 0.4) is 0 Å². The van der Waals surface area contributed by atoms with Gasteiger partial charge in [-0.15, -0.1) is 0 Å². The van der Waals surface area contributed by atoms with Crippen LogP contribution in [0.15, 0.2) is 34.8 Å². The Morgan fingerprint density at radius 2 is 2.05 bits per heavy atom. The lowest BCUT2D eigenvalue weighted by molar-refractivity contribution is 0.473. The minimum atomic E-state index is -0.554. The fraction of sp³-hybridized carbons (Fsp3) is 0.0714. The standard InChI is InChI=1S/C14H11BrClFN2O/c1-7-4-8(2-3-9(7)14(18)19)20-13-6-12(17)11(16)5-10(13)15/h2-6H,1H3,(H3,18,19). The van der Waals surface area contributed by atoms with Gasteiger partial charge in [-0.25, -0.2) is 4.39 Å². The summed E-state index contributed by atoms with van der Waals surface area (Å²) in [7, 11) is 0. The molecule has 2 aromatic rings. The van der Waals surface area contributed by atoms with Crippen molar-refractivity contribution in [2.75, 3.05) is 0 Å². The number of hydrogen-bond acceptors (Lipinski definition) is 2. The first kappa shape index (κ1) is 14.8. The monoisotopic (exact) mass is 356 g/mol. The molecule has 0 aliphatic carbocycles. The first-order valence-electron chi connectivity index (χ1n) is 5.66. The van der Waals surface area contributed by atoms with E-state index in [0.29, 0.717) is 21.5 Å². The molecule has 0 unspecified atom stereocenters. The van der Waals surface area contributed by atoms with E-state index in [1.54, 1.807) is 18.2 Å². The second-order valence-electron chi connectivity index (χ2n) is 4.19. The Labute approximate surface area is 129 Å². The van der Waals surface area contributed by atoms with Crippen LogP contribution in [0.5, 0.6) is 11.5 Å². The summed E-state index contributed by atoms with van der Waals surface area (Å²) < 4.78 is 19.6. The molecular weight excluding hydrogens is 347 g/mol. The molecule has 0 aliphatic heterocycles. The van der Waals surface area contributed by atoms with Gasteiger partial charge in [0.15, 0.2) is 0 Å². The van der Waals surface area contributed by atoms with E-state index in [1.807, 2.05) is 6.92 Å². The summed E-state index contributed by atoms with van der Waals surface area (Å²) in [6, 6.07) is 7.73. The van der Waals surface area contributed by atoms with Crippen LogP contribution in [-0.4, -0.2) is 5.84 Å². The van der Waals surface area contributed by atoms with Gasteiger partial charge in [0.2, 0.25) is 0 Å². The lowest BCUT2D eigenvalue weighted by Crippen LogP contribution is -2.12. The van der Waals surface area contributed by atoms with Crippen molar-refractivity contribution in [1.29, 1.82) is 5.41 Å². The Kier molecular flexibility index (Phi) is 4.30. The molecule has 0 radical (unpaired) electrons. The Morgan fingerprint density at radius 1 is 1.35 bits per heavy atom. The molecule has 104 valence electrons. The molecule has 0 atom stereocenters. The SMILES string of the molecule is Cc1cc(Oc2cc(F)c(Cl)cc2Br)ccc1C(=N)N. The van der Waals surface area contributed by atoms with Crippen molar-refractivity contribution in [3.8, 4) is 11.5 Å². The van der Waals surface area contributed by atoms with Gasteiger partial charge >= 0.3 is 0 Å². The average Bonchev–Trinajstić information content (AvgIpc) is 2.35. The molecule has 0 bridgehead atoms. The fourth-order valence-corrected chi connectivity index (χ4v) is 2.43. The molecule has 3 nitrogen and oxygen atoms in total. The van der Waals surface area contributed by atoms with Crippen molar-refractivity contribution in [2.24, 2.45) is 5.73 Å². The molecule has 0 amide bonds. The van der Waals surface area contributed by atoms with Gasteiger partial charge in [0.1, 0.15) is 23.2 Å². The maximum absolute atomic E-state index is 13.4. The number of amidine groups is 1. The molecule has 3 N–H and O–H groups in total. The summed E-state index contributed by atoms with van der Waals surface area (Å²) in [5.41, 5.74) is 6.89. The number of nitrogen functional groups attached to an aromatic ring is 1. The number of ether oxygens (including phenoxy) is 1. The van der Waals surface area contributed by atoms with Gasteiger partial charge in [-0.05, 0) is 52.7 Å². The summed E-state index contributed by atoms with van der Waals surface area (Å²) in [5.74, 6) is 0.284. The Balaban J connectivity index is 2.33. The van der Waals surface area contributed by atoms with E-state index in [2.05, 4.69) is 15.9 Å². The van der Waals surface area contributed by atoms with Crippen molar-refractivity contribution in [2.45, 2.75) is 6.92 Å². The van der Waals surface area contributed by atoms with Crippen LogP contribution in [0, 0.1) is 18.2 Å². The first-order valence-corrected chi connectivity index (χ1v) is 6.83. The van der Waals surface area contributed by atoms with Crippen LogP contribution >= 0.6 is 27.5 Å². The third kappa shape index (κ3) is 3.11. The van der Waals surface area contributed by atoms with Crippen molar-refractivity contribution in [3.05, 3.63) is 56.8 Å². The number of halogens is 3. The molecule has 0 fully saturated rings. The van der Waals surface area contributed by atoms with Crippen molar-refractivity contribution in [1.82, 2.24) is 0 Å². The average molecular weight is 358 g/mol. The maximum Gasteiger partial charge on any atom is 0.145 e. The summed E-state index contributed by atoms with van der Waals surface area (Å²) >= 11 is 8.94. The van der Waals surface area contributed by atoms with Crippen molar-refractivity contribution in [3.63, 3.8) is 0 Å². The molecule has 0 aliphatic rings. The van der Waals surface area contributed by atoms with E-state index in [1.165, 1.54) is 12.1 Å². The van der Waals surface area contributed by atoms with Crippen LogP contribution in [0.25, 0.3) is 0 Å². The summed E-state index contributed by atoms with van der Waals surface area (Å²) in [6.45, 7) is 1.82. The number of benzene rings is 2. The summed E-state index contributed by atoms with van der Waals surface area (Å²) in [6.07, 6.45) is 0. The highest BCUT2D eigenvalue weighted by atomic mass is 79.9. The predicted molar refractivity (Wildman–Crippen MR) is 81.4 cm³/mol. The van der Waals surface area contributed by atoms with Crippen molar-refractivity contribution < 1.29 is 9.13 Å². The third-order valence-corrected chi connectivity index (χ3v) is 3.60. The van der Waals surface area contributed by atoms with E-state index in [4.69, 9.17) is 27.5 Å². The molecule has 0 aromatic heterocycles. The molecule has 0 heterocycles. The van der Waals surface area contributed by atoms with E-state index in [-0.39, 0.29) is 10.9 Å². The largest absolute Gasteiger partial charge is 0.456 e. The molecule has 0 saturated carbocycles. The lowest BCUT2D eigenvalue weighted by atomic mass is 10.1. The van der Waals surface area contributed by atoms with Crippen molar-refractivity contribution >= 4 is 33.4 Å². The molecule has 6 heteroatoms. The highest BCUT2D eigenvalue weighted by Crippen LogP contribution is 2.34. The number of rotatable bonds is 3. The van der Waals surface area contributed by atoms with Gasteiger partial charge in [-0.2, -0.15) is 0 Å². The van der Waals surface area contributed by atoms with Gasteiger partial charge in [-0.3, -0.25) is 5.41 Å². The van der Waals surface area contributed by atoms with Crippen LogP contribution < -0.4 is 10.5 Å².